The molecule has 2 unspecified atom stereocenters. The first-order chi connectivity index (χ1) is 13.0. The highest BCUT2D eigenvalue weighted by Crippen LogP contribution is 2.24. The topological polar surface area (TPSA) is 58.6 Å². The number of hydrogen-bond acceptors (Lipinski definition) is 3. The summed E-state index contributed by atoms with van der Waals surface area (Å²) in [6.45, 7) is 5.11. The predicted molar refractivity (Wildman–Crippen MR) is 104 cm³/mol. The van der Waals surface area contributed by atoms with E-state index in [4.69, 9.17) is 4.74 Å². The minimum Gasteiger partial charge on any atom is -0.370 e. The number of nitrogens with zero attached hydrogens (tertiary/aromatic N) is 1. The number of amides is 2. The van der Waals surface area contributed by atoms with Crippen LogP contribution in [0.1, 0.15) is 42.2 Å². The molecule has 2 aromatic carbocycles. The van der Waals surface area contributed by atoms with Gasteiger partial charge in [0.25, 0.3) is 0 Å². The minimum atomic E-state index is -0.325. The summed E-state index contributed by atoms with van der Waals surface area (Å²) in [6, 6.07) is 17.6. The van der Waals surface area contributed by atoms with Gasteiger partial charge >= 0.3 is 0 Å². The van der Waals surface area contributed by atoms with Crippen LogP contribution in [0, 0.1) is 6.92 Å². The number of morpholine rings is 1. The van der Waals surface area contributed by atoms with Crippen molar-refractivity contribution in [3.63, 3.8) is 0 Å². The fraction of sp³-hybridized carbons (Fsp3) is 0.364. The highest BCUT2D eigenvalue weighted by Gasteiger charge is 2.27. The molecule has 0 aromatic heterocycles. The van der Waals surface area contributed by atoms with Crippen LogP contribution in [0.25, 0.3) is 0 Å². The molecule has 0 bridgehead atoms. The van der Waals surface area contributed by atoms with E-state index < -0.39 is 0 Å². The van der Waals surface area contributed by atoms with E-state index in [2.05, 4.69) is 5.32 Å². The molecule has 1 saturated heterocycles. The Morgan fingerprint density at radius 1 is 1.15 bits per heavy atom. The Bertz CT molecular complexity index is 774. The van der Waals surface area contributed by atoms with Crippen molar-refractivity contribution in [1.82, 2.24) is 10.2 Å². The Morgan fingerprint density at radius 2 is 1.85 bits per heavy atom. The molecule has 1 aliphatic rings. The smallest absolute Gasteiger partial charge is 0.225 e. The second kappa shape index (κ2) is 8.82. The zero-order valence-corrected chi connectivity index (χ0v) is 15.9. The van der Waals surface area contributed by atoms with Crippen molar-refractivity contribution in [2.75, 3.05) is 19.7 Å². The van der Waals surface area contributed by atoms with E-state index in [1.807, 2.05) is 66.4 Å². The highest BCUT2D eigenvalue weighted by atomic mass is 16.5. The van der Waals surface area contributed by atoms with Crippen LogP contribution in [0.15, 0.2) is 54.6 Å². The maximum atomic E-state index is 12.9. The third kappa shape index (κ3) is 5.17. The number of carbonyl (C=O) groups is 2. The van der Waals surface area contributed by atoms with Gasteiger partial charge in [0, 0.05) is 13.5 Å². The van der Waals surface area contributed by atoms with Gasteiger partial charge in [0.15, 0.2) is 0 Å². The SMILES string of the molecule is CC(=O)NC(CC(=O)N1CCOC(c2ccccc2)C1)c1ccc(C)cc1. The molecule has 0 aliphatic carbocycles. The molecule has 2 amide bonds. The summed E-state index contributed by atoms with van der Waals surface area (Å²) in [5.41, 5.74) is 3.16. The summed E-state index contributed by atoms with van der Waals surface area (Å²) in [5, 5.41) is 2.91. The number of hydrogen-bond donors (Lipinski definition) is 1. The molecule has 27 heavy (non-hydrogen) atoms. The standard InChI is InChI=1S/C22H26N2O3/c1-16-8-10-18(11-9-16)20(23-17(2)25)14-22(26)24-12-13-27-21(15-24)19-6-4-3-5-7-19/h3-11,20-21H,12-15H2,1-2H3,(H,23,25). The molecule has 1 N–H and O–H groups in total. The van der Waals surface area contributed by atoms with Gasteiger partial charge in [-0.1, -0.05) is 60.2 Å². The third-order valence-corrected chi connectivity index (χ3v) is 4.83. The van der Waals surface area contributed by atoms with E-state index in [9.17, 15) is 9.59 Å². The number of aryl methyl sites for hydroxylation is 1. The first kappa shape index (κ1) is 19.1. The lowest BCUT2D eigenvalue weighted by Gasteiger charge is -2.34. The van der Waals surface area contributed by atoms with E-state index in [0.717, 1.165) is 16.7 Å². The average Bonchev–Trinajstić information content (AvgIpc) is 2.68. The van der Waals surface area contributed by atoms with Crippen LogP contribution in [0.5, 0.6) is 0 Å². The summed E-state index contributed by atoms with van der Waals surface area (Å²) >= 11 is 0. The average molecular weight is 366 g/mol. The molecular formula is C22H26N2O3. The van der Waals surface area contributed by atoms with Gasteiger partial charge in [-0.25, -0.2) is 0 Å². The number of nitrogens with one attached hydrogen (secondary N) is 1. The van der Waals surface area contributed by atoms with E-state index in [1.165, 1.54) is 6.92 Å². The summed E-state index contributed by atoms with van der Waals surface area (Å²) in [4.78, 5) is 26.4. The number of carbonyl (C=O) groups excluding carboxylic acids is 2. The minimum absolute atomic E-state index is 0.0264. The monoisotopic (exact) mass is 366 g/mol. The van der Waals surface area contributed by atoms with Gasteiger partial charge in [0.2, 0.25) is 11.8 Å². The molecule has 3 rings (SSSR count). The van der Waals surface area contributed by atoms with Crippen LogP contribution in [0.4, 0.5) is 0 Å². The Kier molecular flexibility index (Phi) is 6.24. The van der Waals surface area contributed by atoms with Crippen LogP contribution in [0.2, 0.25) is 0 Å². The van der Waals surface area contributed by atoms with E-state index in [-0.39, 0.29) is 30.4 Å². The molecule has 1 fully saturated rings. The second-order valence-corrected chi connectivity index (χ2v) is 6.98. The second-order valence-electron chi connectivity index (χ2n) is 6.98. The van der Waals surface area contributed by atoms with Gasteiger partial charge in [-0.2, -0.15) is 0 Å². The maximum Gasteiger partial charge on any atom is 0.225 e. The molecule has 0 saturated carbocycles. The zero-order chi connectivity index (χ0) is 19.2. The number of benzene rings is 2. The molecule has 1 aliphatic heterocycles. The van der Waals surface area contributed by atoms with Crippen molar-refractivity contribution >= 4 is 11.8 Å². The molecule has 142 valence electrons. The van der Waals surface area contributed by atoms with Crippen LogP contribution < -0.4 is 5.32 Å². The van der Waals surface area contributed by atoms with Crippen molar-refractivity contribution in [2.45, 2.75) is 32.4 Å². The molecule has 0 radical (unpaired) electrons. The molecule has 1 heterocycles. The van der Waals surface area contributed by atoms with Crippen LogP contribution in [0.3, 0.4) is 0 Å². The highest BCUT2D eigenvalue weighted by molar-refractivity contribution is 5.79. The number of ether oxygens (including phenoxy) is 1. The van der Waals surface area contributed by atoms with E-state index in [1.54, 1.807) is 0 Å². The van der Waals surface area contributed by atoms with Crippen molar-refractivity contribution < 1.29 is 14.3 Å². The normalized spacial score (nSPS) is 18.0. The summed E-state index contributed by atoms with van der Waals surface area (Å²) in [5.74, 6) is -0.115. The van der Waals surface area contributed by atoms with E-state index in [0.29, 0.717) is 19.7 Å². The molecule has 5 nitrogen and oxygen atoms in total. The molecular weight excluding hydrogens is 340 g/mol. The fourth-order valence-corrected chi connectivity index (χ4v) is 3.35. The maximum absolute atomic E-state index is 12.9. The summed E-state index contributed by atoms with van der Waals surface area (Å²) < 4.78 is 5.85. The third-order valence-electron chi connectivity index (χ3n) is 4.83. The Hall–Kier alpha value is -2.66. The van der Waals surface area contributed by atoms with Crippen molar-refractivity contribution in [3.05, 3.63) is 71.3 Å². The molecule has 0 spiro atoms. The van der Waals surface area contributed by atoms with Gasteiger partial charge in [-0.15, -0.1) is 0 Å². The van der Waals surface area contributed by atoms with Crippen LogP contribution in [-0.2, 0) is 14.3 Å². The lowest BCUT2D eigenvalue weighted by Crippen LogP contribution is -2.43. The van der Waals surface area contributed by atoms with Crippen LogP contribution in [-0.4, -0.2) is 36.4 Å². The molecule has 2 aromatic rings. The lowest BCUT2D eigenvalue weighted by molar-refractivity contribution is -0.139. The van der Waals surface area contributed by atoms with Crippen molar-refractivity contribution in [1.29, 1.82) is 0 Å². The van der Waals surface area contributed by atoms with Gasteiger partial charge in [-0.05, 0) is 18.1 Å². The molecule has 2 atom stereocenters. The lowest BCUT2D eigenvalue weighted by atomic mass is 10.0. The van der Waals surface area contributed by atoms with Gasteiger partial charge in [0.05, 0.1) is 25.6 Å². The zero-order valence-electron chi connectivity index (χ0n) is 15.9. The Morgan fingerprint density at radius 3 is 2.52 bits per heavy atom. The Labute approximate surface area is 160 Å². The Balaban J connectivity index is 1.69. The summed E-state index contributed by atoms with van der Waals surface area (Å²) in [7, 11) is 0. The van der Waals surface area contributed by atoms with Gasteiger partial charge < -0.3 is 15.0 Å². The molecule has 5 heteroatoms. The van der Waals surface area contributed by atoms with E-state index >= 15 is 0 Å². The van der Waals surface area contributed by atoms with Crippen LogP contribution >= 0.6 is 0 Å². The fourth-order valence-electron chi connectivity index (χ4n) is 3.35. The van der Waals surface area contributed by atoms with Gasteiger partial charge in [0.1, 0.15) is 6.10 Å². The van der Waals surface area contributed by atoms with Crippen molar-refractivity contribution in [2.24, 2.45) is 0 Å². The quantitative estimate of drug-likeness (QED) is 0.884. The number of rotatable bonds is 5. The van der Waals surface area contributed by atoms with Crippen molar-refractivity contribution in [3.8, 4) is 0 Å². The largest absolute Gasteiger partial charge is 0.370 e. The first-order valence-corrected chi connectivity index (χ1v) is 9.31. The first-order valence-electron chi connectivity index (χ1n) is 9.31. The summed E-state index contributed by atoms with van der Waals surface area (Å²) in [6.07, 6.45) is 0.131. The predicted octanol–water partition coefficient (Wildman–Crippen LogP) is 3.16. The van der Waals surface area contributed by atoms with Gasteiger partial charge in [-0.3, -0.25) is 9.59 Å².